The van der Waals surface area contributed by atoms with Crippen LogP contribution in [0.1, 0.15) is 48.9 Å². The first kappa shape index (κ1) is 10.2. The van der Waals surface area contributed by atoms with Crippen molar-refractivity contribution in [3.63, 3.8) is 0 Å². The Balaban J connectivity index is 2.01. The Hall–Kier alpha value is -1.01. The molecule has 2 aromatic rings. The molecule has 0 amide bonds. The largest absolute Gasteiger partial charge is 0.330 e. The Morgan fingerprint density at radius 3 is 2.94 bits per heavy atom. The molecule has 1 aliphatic rings. The molecule has 0 aliphatic heterocycles. The highest BCUT2D eigenvalue weighted by Gasteiger charge is 2.26. The highest BCUT2D eigenvalue weighted by molar-refractivity contribution is 7.16. The number of nitrogens with zero attached hydrogens (tertiary/aromatic N) is 4. The van der Waals surface area contributed by atoms with Crippen LogP contribution in [0.4, 0.5) is 0 Å². The lowest BCUT2D eigenvalue weighted by atomic mass is 9.85. The Morgan fingerprint density at radius 2 is 2.31 bits per heavy atom. The predicted octanol–water partition coefficient (Wildman–Crippen LogP) is 1.52. The molecule has 86 valence electrons. The fourth-order valence-corrected chi connectivity index (χ4v) is 2.78. The third-order valence-corrected chi connectivity index (χ3v) is 4.41. The van der Waals surface area contributed by atoms with Gasteiger partial charge >= 0.3 is 0 Å². The third-order valence-electron chi connectivity index (χ3n) is 3.28. The summed E-state index contributed by atoms with van der Waals surface area (Å²) in [5, 5.41) is 14.1. The Labute approximate surface area is 97.7 Å². The molecule has 0 saturated heterocycles. The molecule has 2 heterocycles. The molecule has 16 heavy (non-hydrogen) atoms. The maximum absolute atomic E-state index is 5.65. The molecule has 0 bridgehead atoms. The van der Waals surface area contributed by atoms with Gasteiger partial charge in [-0.2, -0.15) is 9.61 Å². The van der Waals surface area contributed by atoms with Gasteiger partial charge in [0.1, 0.15) is 5.01 Å². The van der Waals surface area contributed by atoms with Crippen LogP contribution >= 0.6 is 11.3 Å². The molecule has 0 aromatic carbocycles. The number of nitrogens with two attached hydrogens (primary N) is 1. The summed E-state index contributed by atoms with van der Waals surface area (Å²) in [6, 6.07) is 0. The number of hydrogen-bond acceptors (Lipinski definition) is 5. The van der Waals surface area contributed by atoms with Crippen LogP contribution in [-0.2, 0) is 0 Å². The van der Waals surface area contributed by atoms with Crippen molar-refractivity contribution >= 4 is 16.3 Å². The van der Waals surface area contributed by atoms with Crippen molar-refractivity contribution in [3.8, 4) is 0 Å². The van der Waals surface area contributed by atoms with Crippen molar-refractivity contribution in [2.24, 2.45) is 5.73 Å². The van der Waals surface area contributed by atoms with Gasteiger partial charge in [-0.3, -0.25) is 0 Å². The number of rotatable bonds is 3. The van der Waals surface area contributed by atoms with E-state index in [1.807, 2.05) is 4.52 Å². The molecule has 1 fully saturated rings. The van der Waals surface area contributed by atoms with Gasteiger partial charge in [-0.15, -0.1) is 10.2 Å². The van der Waals surface area contributed by atoms with Crippen molar-refractivity contribution in [2.75, 3.05) is 6.54 Å². The van der Waals surface area contributed by atoms with Gasteiger partial charge in [0.2, 0.25) is 4.96 Å². The smallest absolute Gasteiger partial charge is 0.234 e. The van der Waals surface area contributed by atoms with E-state index >= 15 is 0 Å². The second kappa shape index (κ2) is 3.78. The monoisotopic (exact) mass is 237 g/mol. The summed E-state index contributed by atoms with van der Waals surface area (Å²) in [4.78, 5) is 0.900. The average molecular weight is 237 g/mol. The molecular formula is C10H15N5S. The highest BCUT2D eigenvalue weighted by Crippen LogP contribution is 2.36. The summed E-state index contributed by atoms with van der Waals surface area (Å²) in [5.41, 5.74) is 5.65. The maximum atomic E-state index is 5.65. The van der Waals surface area contributed by atoms with Crippen molar-refractivity contribution in [2.45, 2.75) is 38.0 Å². The van der Waals surface area contributed by atoms with Crippen LogP contribution in [0.5, 0.6) is 0 Å². The van der Waals surface area contributed by atoms with Gasteiger partial charge in [0.25, 0.3) is 0 Å². The lowest BCUT2D eigenvalue weighted by Gasteiger charge is -2.22. The summed E-state index contributed by atoms with van der Waals surface area (Å²) in [6.45, 7) is 2.72. The van der Waals surface area contributed by atoms with Gasteiger partial charge in [-0.25, -0.2) is 0 Å². The first-order chi connectivity index (χ1) is 7.79. The number of fused-ring (bicyclic) bond motifs is 1. The fourth-order valence-electron chi connectivity index (χ4n) is 1.87. The summed E-state index contributed by atoms with van der Waals surface area (Å²) >= 11 is 1.60. The van der Waals surface area contributed by atoms with Crippen LogP contribution in [0, 0.1) is 0 Å². The lowest BCUT2D eigenvalue weighted by Crippen LogP contribution is -2.14. The van der Waals surface area contributed by atoms with Crippen molar-refractivity contribution in [1.29, 1.82) is 0 Å². The first-order valence-electron chi connectivity index (χ1n) is 5.71. The van der Waals surface area contributed by atoms with E-state index in [-0.39, 0.29) is 0 Å². The molecule has 0 spiro atoms. The van der Waals surface area contributed by atoms with Crippen LogP contribution in [0.15, 0.2) is 0 Å². The van der Waals surface area contributed by atoms with E-state index in [4.69, 9.17) is 5.73 Å². The molecule has 3 rings (SSSR count). The third kappa shape index (κ3) is 1.44. The van der Waals surface area contributed by atoms with Gasteiger partial charge in [0.15, 0.2) is 5.82 Å². The standard InChI is InChI=1S/C10H15N5S/c1-6(5-11)9-14-15-8(7-3-2-4-7)12-13-10(15)16-9/h6-7H,2-5,11H2,1H3. The van der Waals surface area contributed by atoms with Crippen LogP contribution in [-0.4, -0.2) is 26.4 Å². The minimum absolute atomic E-state index is 0.306. The van der Waals surface area contributed by atoms with Crippen molar-refractivity contribution in [1.82, 2.24) is 19.8 Å². The highest BCUT2D eigenvalue weighted by atomic mass is 32.1. The minimum Gasteiger partial charge on any atom is -0.330 e. The van der Waals surface area contributed by atoms with Crippen molar-refractivity contribution < 1.29 is 0 Å². The van der Waals surface area contributed by atoms with E-state index in [1.54, 1.807) is 11.3 Å². The Bertz CT molecular complexity index is 498. The van der Waals surface area contributed by atoms with E-state index in [0.717, 1.165) is 15.8 Å². The first-order valence-corrected chi connectivity index (χ1v) is 6.53. The zero-order chi connectivity index (χ0) is 11.1. The lowest BCUT2D eigenvalue weighted by molar-refractivity contribution is 0.394. The van der Waals surface area contributed by atoms with Gasteiger partial charge in [-0.1, -0.05) is 24.7 Å². The van der Waals surface area contributed by atoms with E-state index in [1.165, 1.54) is 19.3 Å². The molecule has 2 N–H and O–H groups in total. The molecule has 1 saturated carbocycles. The van der Waals surface area contributed by atoms with E-state index in [9.17, 15) is 0 Å². The number of aromatic nitrogens is 4. The summed E-state index contributed by atoms with van der Waals surface area (Å²) < 4.78 is 1.91. The zero-order valence-corrected chi connectivity index (χ0v) is 10.1. The van der Waals surface area contributed by atoms with E-state index in [2.05, 4.69) is 22.2 Å². The van der Waals surface area contributed by atoms with Gasteiger partial charge in [-0.05, 0) is 12.8 Å². The maximum Gasteiger partial charge on any atom is 0.234 e. The van der Waals surface area contributed by atoms with E-state index < -0.39 is 0 Å². The van der Waals surface area contributed by atoms with Crippen LogP contribution in [0.3, 0.4) is 0 Å². The van der Waals surface area contributed by atoms with Crippen LogP contribution < -0.4 is 5.73 Å². The average Bonchev–Trinajstić information content (AvgIpc) is 2.76. The second-order valence-electron chi connectivity index (χ2n) is 4.46. The molecule has 1 unspecified atom stereocenters. The SMILES string of the molecule is CC(CN)c1nn2c(C3CCC3)nnc2s1. The quantitative estimate of drug-likeness (QED) is 0.878. The molecule has 2 aromatic heterocycles. The summed E-state index contributed by atoms with van der Waals surface area (Å²) in [5.74, 6) is 1.91. The van der Waals surface area contributed by atoms with E-state index in [0.29, 0.717) is 18.4 Å². The van der Waals surface area contributed by atoms with Crippen LogP contribution in [0.25, 0.3) is 4.96 Å². The topological polar surface area (TPSA) is 69.1 Å². The predicted molar refractivity (Wildman–Crippen MR) is 62.7 cm³/mol. The zero-order valence-electron chi connectivity index (χ0n) is 9.26. The second-order valence-corrected chi connectivity index (χ2v) is 5.45. The molecular weight excluding hydrogens is 222 g/mol. The minimum atomic E-state index is 0.306. The Kier molecular flexibility index (Phi) is 2.40. The molecule has 0 radical (unpaired) electrons. The van der Waals surface area contributed by atoms with Crippen LogP contribution in [0.2, 0.25) is 0 Å². The Morgan fingerprint density at radius 1 is 1.50 bits per heavy atom. The number of hydrogen-bond donors (Lipinski definition) is 1. The van der Waals surface area contributed by atoms with Crippen molar-refractivity contribution in [3.05, 3.63) is 10.8 Å². The van der Waals surface area contributed by atoms with Gasteiger partial charge in [0, 0.05) is 18.4 Å². The molecule has 1 atom stereocenters. The summed E-state index contributed by atoms with van der Waals surface area (Å²) in [7, 11) is 0. The fraction of sp³-hybridized carbons (Fsp3) is 0.700. The van der Waals surface area contributed by atoms with Gasteiger partial charge < -0.3 is 5.73 Å². The molecule has 5 nitrogen and oxygen atoms in total. The normalized spacial score (nSPS) is 18.9. The molecule has 1 aliphatic carbocycles. The summed E-state index contributed by atoms with van der Waals surface area (Å²) in [6.07, 6.45) is 3.75. The van der Waals surface area contributed by atoms with Gasteiger partial charge in [0.05, 0.1) is 0 Å². The molecule has 6 heteroatoms.